The van der Waals surface area contributed by atoms with Crippen LogP contribution in [0.5, 0.6) is 0 Å². The summed E-state index contributed by atoms with van der Waals surface area (Å²) in [6, 6.07) is 0.792. The Bertz CT molecular complexity index is 170. The van der Waals surface area contributed by atoms with Gasteiger partial charge in [-0.05, 0) is 31.1 Å². The maximum Gasteiger partial charge on any atom is 0.0191 e. The lowest BCUT2D eigenvalue weighted by molar-refractivity contribution is 0.478. The fraction of sp³-hybridized carbons (Fsp3) is 1.00. The molecule has 0 amide bonds. The molecular formula is C14H29NS. The van der Waals surface area contributed by atoms with E-state index in [1.165, 1.54) is 50.8 Å². The smallest absolute Gasteiger partial charge is 0.0191 e. The van der Waals surface area contributed by atoms with Crippen LogP contribution in [0.3, 0.4) is 0 Å². The summed E-state index contributed by atoms with van der Waals surface area (Å²) in [6.07, 6.45) is 8.41. The number of nitrogens with one attached hydrogen (secondary N) is 1. The van der Waals surface area contributed by atoms with Gasteiger partial charge in [0.15, 0.2) is 0 Å². The molecule has 96 valence electrons. The van der Waals surface area contributed by atoms with Crippen molar-refractivity contribution < 1.29 is 0 Å². The molecule has 1 aliphatic heterocycles. The lowest BCUT2D eigenvalue weighted by Gasteiger charge is -2.16. The molecule has 1 heterocycles. The molecule has 2 atom stereocenters. The summed E-state index contributed by atoms with van der Waals surface area (Å²) < 4.78 is 0. The Morgan fingerprint density at radius 1 is 1.19 bits per heavy atom. The summed E-state index contributed by atoms with van der Waals surface area (Å²) in [4.78, 5) is 0. The van der Waals surface area contributed by atoms with Crippen LogP contribution < -0.4 is 5.32 Å². The van der Waals surface area contributed by atoms with Gasteiger partial charge in [-0.2, -0.15) is 11.8 Å². The van der Waals surface area contributed by atoms with E-state index in [9.17, 15) is 0 Å². The maximum absolute atomic E-state index is 3.71. The molecule has 1 rings (SSSR count). The zero-order valence-electron chi connectivity index (χ0n) is 11.3. The van der Waals surface area contributed by atoms with E-state index in [0.29, 0.717) is 0 Å². The van der Waals surface area contributed by atoms with Crippen molar-refractivity contribution in [3.05, 3.63) is 0 Å². The second kappa shape index (κ2) is 8.41. The second-order valence-corrected chi connectivity index (χ2v) is 7.01. The highest BCUT2D eigenvalue weighted by Gasteiger charge is 2.22. The third-order valence-corrected chi connectivity index (χ3v) is 4.82. The van der Waals surface area contributed by atoms with E-state index >= 15 is 0 Å². The summed E-state index contributed by atoms with van der Waals surface area (Å²) >= 11 is 2.12. The number of unbranched alkanes of at least 4 members (excludes halogenated alkanes) is 3. The lowest BCUT2D eigenvalue weighted by atomic mass is 10.0. The fourth-order valence-electron chi connectivity index (χ4n) is 2.32. The van der Waals surface area contributed by atoms with Crippen LogP contribution in [-0.2, 0) is 0 Å². The van der Waals surface area contributed by atoms with Gasteiger partial charge >= 0.3 is 0 Å². The highest BCUT2D eigenvalue weighted by molar-refractivity contribution is 8.00. The molecule has 16 heavy (non-hydrogen) atoms. The average Bonchev–Trinajstić information content (AvgIpc) is 2.62. The molecule has 2 unspecified atom stereocenters. The molecule has 1 saturated heterocycles. The predicted molar refractivity (Wildman–Crippen MR) is 76.3 cm³/mol. The monoisotopic (exact) mass is 243 g/mol. The Kier molecular flexibility index (Phi) is 7.55. The zero-order valence-corrected chi connectivity index (χ0v) is 12.1. The zero-order chi connectivity index (χ0) is 11.8. The van der Waals surface area contributed by atoms with Crippen LogP contribution in [0.25, 0.3) is 0 Å². The Hall–Kier alpha value is 0.310. The fourth-order valence-corrected chi connectivity index (χ4v) is 3.54. The van der Waals surface area contributed by atoms with Gasteiger partial charge in [0.25, 0.3) is 0 Å². The molecule has 0 aromatic rings. The molecule has 0 aliphatic carbocycles. The largest absolute Gasteiger partial charge is 0.313 e. The van der Waals surface area contributed by atoms with Crippen LogP contribution in [0.1, 0.15) is 59.3 Å². The van der Waals surface area contributed by atoms with E-state index in [1.54, 1.807) is 0 Å². The molecule has 1 nitrogen and oxygen atoms in total. The van der Waals surface area contributed by atoms with Gasteiger partial charge < -0.3 is 5.32 Å². The molecular weight excluding hydrogens is 214 g/mol. The van der Waals surface area contributed by atoms with Crippen LogP contribution >= 0.6 is 11.8 Å². The quantitative estimate of drug-likeness (QED) is 0.645. The van der Waals surface area contributed by atoms with Crippen LogP contribution in [-0.4, -0.2) is 23.6 Å². The van der Waals surface area contributed by atoms with Crippen molar-refractivity contribution in [2.75, 3.05) is 12.3 Å². The Balaban J connectivity index is 1.84. The van der Waals surface area contributed by atoms with Crippen molar-refractivity contribution in [3.63, 3.8) is 0 Å². The molecule has 0 aromatic heterocycles. The molecule has 0 spiro atoms. The highest BCUT2D eigenvalue weighted by atomic mass is 32.2. The third-order valence-electron chi connectivity index (χ3n) is 3.49. The first-order valence-corrected chi connectivity index (χ1v) is 8.10. The molecule has 0 radical (unpaired) electrons. The number of rotatable bonds is 8. The van der Waals surface area contributed by atoms with Gasteiger partial charge in [-0.15, -0.1) is 0 Å². The van der Waals surface area contributed by atoms with E-state index in [4.69, 9.17) is 0 Å². The number of hydrogen-bond donors (Lipinski definition) is 1. The Morgan fingerprint density at radius 3 is 2.56 bits per heavy atom. The molecule has 1 aliphatic rings. The molecule has 2 heteroatoms. The van der Waals surface area contributed by atoms with Gasteiger partial charge in [0.1, 0.15) is 0 Å². The van der Waals surface area contributed by atoms with Crippen LogP contribution in [0.4, 0.5) is 0 Å². The van der Waals surface area contributed by atoms with Crippen LogP contribution in [0.15, 0.2) is 0 Å². The topological polar surface area (TPSA) is 12.0 Å². The van der Waals surface area contributed by atoms with Gasteiger partial charge in [-0.25, -0.2) is 0 Å². The van der Waals surface area contributed by atoms with Crippen molar-refractivity contribution in [2.24, 2.45) is 5.92 Å². The first-order chi connectivity index (χ1) is 7.70. The van der Waals surface area contributed by atoms with Gasteiger partial charge in [-0.3, -0.25) is 0 Å². The van der Waals surface area contributed by atoms with Crippen LogP contribution in [0, 0.1) is 5.92 Å². The first kappa shape index (κ1) is 14.4. The standard InChI is InChI=1S/C14H29NS/c1-12(2)8-6-4-5-7-10-15-14-9-11-16-13(14)3/h12-15H,4-11H2,1-3H3. The third kappa shape index (κ3) is 6.15. The second-order valence-electron chi connectivity index (χ2n) is 5.52. The minimum Gasteiger partial charge on any atom is -0.313 e. The van der Waals surface area contributed by atoms with Crippen molar-refractivity contribution in [1.29, 1.82) is 0 Å². The number of hydrogen-bond acceptors (Lipinski definition) is 2. The van der Waals surface area contributed by atoms with Gasteiger partial charge in [0.05, 0.1) is 0 Å². The minimum atomic E-state index is 0.792. The Morgan fingerprint density at radius 2 is 1.94 bits per heavy atom. The summed E-state index contributed by atoms with van der Waals surface area (Å²) in [5.41, 5.74) is 0. The predicted octanol–water partition coefficient (Wildman–Crippen LogP) is 4.08. The van der Waals surface area contributed by atoms with E-state index in [0.717, 1.165) is 17.2 Å². The lowest BCUT2D eigenvalue weighted by Crippen LogP contribution is -2.33. The highest BCUT2D eigenvalue weighted by Crippen LogP contribution is 2.25. The summed E-state index contributed by atoms with van der Waals surface area (Å²) in [7, 11) is 0. The molecule has 0 aromatic carbocycles. The van der Waals surface area contributed by atoms with Gasteiger partial charge in [0, 0.05) is 11.3 Å². The minimum absolute atomic E-state index is 0.792. The van der Waals surface area contributed by atoms with Crippen molar-refractivity contribution in [1.82, 2.24) is 5.32 Å². The normalized spacial score (nSPS) is 25.5. The SMILES string of the molecule is CC(C)CCCCCCNC1CCSC1C. The number of thioether (sulfide) groups is 1. The first-order valence-electron chi connectivity index (χ1n) is 7.05. The van der Waals surface area contributed by atoms with Gasteiger partial charge in [0.2, 0.25) is 0 Å². The van der Waals surface area contributed by atoms with Crippen molar-refractivity contribution in [2.45, 2.75) is 70.6 Å². The Labute approximate surface area is 106 Å². The summed E-state index contributed by atoms with van der Waals surface area (Å²) in [6.45, 7) is 8.23. The summed E-state index contributed by atoms with van der Waals surface area (Å²) in [5.74, 6) is 2.24. The van der Waals surface area contributed by atoms with E-state index in [-0.39, 0.29) is 0 Å². The maximum atomic E-state index is 3.71. The van der Waals surface area contributed by atoms with E-state index in [1.807, 2.05) is 0 Å². The molecule has 0 bridgehead atoms. The summed E-state index contributed by atoms with van der Waals surface area (Å²) in [5, 5.41) is 4.54. The van der Waals surface area contributed by atoms with Crippen LogP contribution in [0.2, 0.25) is 0 Å². The van der Waals surface area contributed by atoms with Crippen molar-refractivity contribution in [3.8, 4) is 0 Å². The average molecular weight is 243 g/mol. The van der Waals surface area contributed by atoms with E-state index in [2.05, 4.69) is 37.8 Å². The molecule has 0 saturated carbocycles. The molecule has 1 fully saturated rings. The van der Waals surface area contributed by atoms with E-state index < -0.39 is 0 Å². The van der Waals surface area contributed by atoms with Gasteiger partial charge in [-0.1, -0.05) is 46.5 Å². The molecule has 1 N–H and O–H groups in total. The van der Waals surface area contributed by atoms with Crippen molar-refractivity contribution >= 4 is 11.8 Å².